The summed E-state index contributed by atoms with van der Waals surface area (Å²) in [6.45, 7) is -1.33. The number of hydrogen-bond acceptors (Lipinski definition) is 10. The third kappa shape index (κ3) is 3.41. The van der Waals surface area contributed by atoms with Gasteiger partial charge in [-0.1, -0.05) is 0 Å². The molecule has 2 saturated heterocycles. The van der Waals surface area contributed by atoms with E-state index < -0.39 is 68.3 Å². The summed E-state index contributed by atoms with van der Waals surface area (Å²) in [6.07, 6.45) is -12.3. The lowest BCUT2D eigenvalue weighted by atomic mass is 9.97. The Bertz CT molecular complexity index is 351. The second-order valence-electron chi connectivity index (χ2n) is 5.41. The molecule has 0 bridgehead atoms. The van der Waals surface area contributed by atoms with E-state index in [1.54, 1.807) is 0 Å². The Morgan fingerprint density at radius 3 is 2.05 bits per heavy atom. The SMILES string of the molecule is OC[C@H]1O[C@@H](O[C@H]2[C@H](O)[C@@H](O)CO[C@@H]2CO)[C@H](O)[C@@H](O)[C@H]1O. The molecule has 2 aliphatic heterocycles. The van der Waals surface area contributed by atoms with Gasteiger partial charge < -0.3 is 50.0 Å². The van der Waals surface area contributed by atoms with Gasteiger partial charge in [-0.2, -0.15) is 0 Å². The molecule has 10 nitrogen and oxygen atoms in total. The van der Waals surface area contributed by atoms with Crippen LogP contribution in [-0.2, 0) is 14.2 Å². The van der Waals surface area contributed by atoms with Gasteiger partial charge in [0.25, 0.3) is 0 Å². The number of aliphatic hydroxyl groups excluding tert-OH is 7. The Hall–Kier alpha value is -0.400. The van der Waals surface area contributed by atoms with Crippen LogP contribution < -0.4 is 0 Å². The van der Waals surface area contributed by atoms with Gasteiger partial charge >= 0.3 is 0 Å². The lowest BCUT2D eigenvalue weighted by Crippen LogP contribution is -2.63. The van der Waals surface area contributed by atoms with Crippen LogP contribution in [-0.4, -0.2) is 111 Å². The molecular formula is C12H22O10. The van der Waals surface area contributed by atoms with Crippen LogP contribution in [0.15, 0.2) is 0 Å². The van der Waals surface area contributed by atoms with Gasteiger partial charge in [0, 0.05) is 0 Å². The Balaban J connectivity index is 2.09. The Morgan fingerprint density at radius 1 is 0.818 bits per heavy atom. The Kier molecular flexibility index (Phi) is 6.07. The first-order chi connectivity index (χ1) is 10.4. The molecular weight excluding hydrogens is 304 g/mol. The number of aliphatic hydroxyl groups is 7. The minimum Gasteiger partial charge on any atom is -0.394 e. The topological polar surface area (TPSA) is 169 Å². The molecule has 0 saturated carbocycles. The second kappa shape index (κ2) is 7.45. The molecule has 0 aromatic heterocycles. The number of rotatable bonds is 4. The van der Waals surface area contributed by atoms with E-state index in [2.05, 4.69) is 0 Å². The maximum atomic E-state index is 9.93. The number of ether oxygens (including phenoxy) is 3. The quantitative estimate of drug-likeness (QED) is 0.266. The van der Waals surface area contributed by atoms with Crippen molar-refractivity contribution in [1.29, 1.82) is 0 Å². The molecule has 0 aromatic carbocycles. The van der Waals surface area contributed by atoms with Crippen LogP contribution in [0.25, 0.3) is 0 Å². The molecule has 9 atom stereocenters. The fraction of sp³-hybridized carbons (Fsp3) is 1.00. The summed E-state index contributed by atoms with van der Waals surface area (Å²) in [7, 11) is 0. The van der Waals surface area contributed by atoms with Crippen LogP contribution >= 0.6 is 0 Å². The highest BCUT2D eigenvalue weighted by atomic mass is 16.7. The smallest absolute Gasteiger partial charge is 0.187 e. The minimum absolute atomic E-state index is 0.194. The van der Waals surface area contributed by atoms with E-state index in [4.69, 9.17) is 19.3 Å². The maximum absolute atomic E-state index is 9.93. The van der Waals surface area contributed by atoms with Gasteiger partial charge in [-0.25, -0.2) is 0 Å². The van der Waals surface area contributed by atoms with Crippen LogP contribution in [0.3, 0.4) is 0 Å². The van der Waals surface area contributed by atoms with Gasteiger partial charge in [0.05, 0.1) is 19.8 Å². The highest BCUT2D eigenvalue weighted by molar-refractivity contribution is 4.92. The van der Waals surface area contributed by atoms with Gasteiger partial charge in [0.15, 0.2) is 6.29 Å². The van der Waals surface area contributed by atoms with Crippen LogP contribution in [0.5, 0.6) is 0 Å². The van der Waals surface area contributed by atoms with E-state index in [1.807, 2.05) is 0 Å². The summed E-state index contributed by atoms with van der Waals surface area (Å²) in [5.74, 6) is 0. The molecule has 130 valence electrons. The minimum atomic E-state index is -1.65. The highest BCUT2D eigenvalue weighted by Gasteiger charge is 2.48. The first-order valence-corrected chi connectivity index (χ1v) is 6.95. The van der Waals surface area contributed by atoms with Crippen molar-refractivity contribution in [2.75, 3.05) is 19.8 Å². The van der Waals surface area contributed by atoms with Crippen molar-refractivity contribution in [2.45, 2.75) is 55.1 Å². The van der Waals surface area contributed by atoms with Crippen molar-refractivity contribution < 1.29 is 50.0 Å². The van der Waals surface area contributed by atoms with E-state index >= 15 is 0 Å². The lowest BCUT2D eigenvalue weighted by molar-refractivity contribution is -0.336. The molecule has 10 heteroatoms. The fourth-order valence-electron chi connectivity index (χ4n) is 2.51. The molecule has 0 unspecified atom stereocenters. The average Bonchev–Trinajstić information content (AvgIpc) is 2.52. The zero-order valence-electron chi connectivity index (χ0n) is 11.7. The first kappa shape index (κ1) is 17.9. The predicted octanol–water partition coefficient (Wildman–Crippen LogP) is -4.72. The van der Waals surface area contributed by atoms with Crippen molar-refractivity contribution in [3.05, 3.63) is 0 Å². The summed E-state index contributed by atoms with van der Waals surface area (Å²) < 4.78 is 15.6. The molecule has 2 fully saturated rings. The number of hydrogen-bond donors (Lipinski definition) is 7. The van der Waals surface area contributed by atoms with E-state index in [0.717, 1.165) is 0 Å². The Labute approximate surface area is 126 Å². The monoisotopic (exact) mass is 326 g/mol. The van der Waals surface area contributed by atoms with E-state index in [9.17, 15) is 30.6 Å². The van der Waals surface area contributed by atoms with Crippen molar-refractivity contribution in [3.63, 3.8) is 0 Å². The molecule has 2 rings (SSSR count). The maximum Gasteiger partial charge on any atom is 0.187 e. The van der Waals surface area contributed by atoms with E-state index in [-0.39, 0.29) is 6.61 Å². The highest BCUT2D eigenvalue weighted by Crippen LogP contribution is 2.27. The van der Waals surface area contributed by atoms with Crippen LogP contribution in [0.2, 0.25) is 0 Å². The summed E-state index contributed by atoms with van der Waals surface area (Å²) in [6, 6.07) is 0. The predicted molar refractivity (Wildman–Crippen MR) is 67.5 cm³/mol. The molecule has 7 N–H and O–H groups in total. The molecule has 0 radical (unpaired) electrons. The van der Waals surface area contributed by atoms with Crippen LogP contribution in [0.1, 0.15) is 0 Å². The summed E-state index contributed by atoms with van der Waals surface area (Å²) in [4.78, 5) is 0. The fourth-order valence-corrected chi connectivity index (χ4v) is 2.51. The van der Waals surface area contributed by atoms with Crippen LogP contribution in [0.4, 0.5) is 0 Å². The average molecular weight is 326 g/mol. The molecule has 0 aliphatic carbocycles. The largest absolute Gasteiger partial charge is 0.394 e. The van der Waals surface area contributed by atoms with Crippen LogP contribution in [0, 0.1) is 0 Å². The second-order valence-corrected chi connectivity index (χ2v) is 5.41. The first-order valence-electron chi connectivity index (χ1n) is 6.95. The lowest BCUT2D eigenvalue weighted by Gasteiger charge is -2.44. The standard InChI is InChI=1S/C12H22O10/c13-1-5-8(17)9(18)10(19)12(21-5)22-11-6(2-14)20-3-4(15)7(11)16/h4-19H,1-3H2/t4-,5+,6+,7+,8-,9-,10+,11+,12-/m0/s1. The summed E-state index contributed by atoms with van der Waals surface area (Å²) in [5.41, 5.74) is 0. The van der Waals surface area contributed by atoms with Gasteiger partial charge in [0.2, 0.25) is 0 Å². The van der Waals surface area contributed by atoms with Gasteiger partial charge in [-0.15, -0.1) is 0 Å². The summed E-state index contributed by atoms with van der Waals surface area (Å²) >= 11 is 0. The molecule has 0 spiro atoms. The third-order valence-electron chi connectivity index (χ3n) is 3.90. The van der Waals surface area contributed by atoms with Gasteiger partial charge in [-0.3, -0.25) is 0 Å². The summed E-state index contributed by atoms with van der Waals surface area (Å²) in [5, 5.41) is 67.0. The zero-order valence-corrected chi connectivity index (χ0v) is 11.7. The van der Waals surface area contributed by atoms with E-state index in [0.29, 0.717) is 0 Å². The third-order valence-corrected chi connectivity index (χ3v) is 3.90. The molecule has 22 heavy (non-hydrogen) atoms. The van der Waals surface area contributed by atoms with Crippen molar-refractivity contribution in [1.82, 2.24) is 0 Å². The van der Waals surface area contributed by atoms with Crippen molar-refractivity contribution in [2.24, 2.45) is 0 Å². The zero-order chi connectivity index (χ0) is 16.4. The Morgan fingerprint density at radius 2 is 1.45 bits per heavy atom. The molecule has 0 aromatic rings. The van der Waals surface area contributed by atoms with Crippen molar-refractivity contribution in [3.8, 4) is 0 Å². The molecule has 0 amide bonds. The van der Waals surface area contributed by atoms with E-state index in [1.165, 1.54) is 0 Å². The van der Waals surface area contributed by atoms with Crippen molar-refractivity contribution >= 4 is 0 Å². The van der Waals surface area contributed by atoms with Gasteiger partial charge in [-0.05, 0) is 0 Å². The molecule has 2 heterocycles. The normalized spacial score (nSPS) is 50.0. The molecule has 2 aliphatic rings. The van der Waals surface area contributed by atoms with Gasteiger partial charge in [0.1, 0.15) is 48.8 Å².